The highest BCUT2D eigenvalue weighted by Gasteiger charge is 2.09. The van der Waals surface area contributed by atoms with Gasteiger partial charge in [-0.2, -0.15) is 11.8 Å². The van der Waals surface area contributed by atoms with Crippen LogP contribution in [0.4, 0.5) is 5.69 Å². The second-order valence-electron chi connectivity index (χ2n) is 4.66. The van der Waals surface area contributed by atoms with E-state index < -0.39 is 0 Å². The van der Waals surface area contributed by atoms with Crippen molar-refractivity contribution < 1.29 is 0 Å². The Kier molecular flexibility index (Phi) is 6.45. The van der Waals surface area contributed by atoms with Gasteiger partial charge in [0, 0.05) is 18.3 Å². The topological polar surface area (TPSA) is 29.3 Å². The minimum Gasteiger partial charge on any atom is -0.399 e. The molecular weight excluding hydrogens is 228 g/mol. The fourth-order valence-electron chi connectivity index (χ4n) is 1.86. The lowest BCUT2D eigenvalue weighted by atomic mass is 10.1. The van der Waals surface area contributed by atoms with Crippen LogP contribution in [0.25, 0.3) is 0 Å². The zero-order valence-corrected chi connectivity index (χ0v) is 12.0. The Balaban J connectivity index is 2.54. The van der Waals surface area contributed by atoms with Gasteiger partial charge in [-0.3, -0.25) is 4.90 Å². The lowest BCUT2D eigenvalue weighted by Crippen LogP contribution is -2.31. The average Bonchev–Trinajstić information content (AvgIpc) is 2.28. The normalized spacial score (nSPS) is 11.4. The summed E-state index contributed by atoms with van der Waals surface area (Å²) in [5.41, 5.74) is 7.98. The van der Waals surface area contributed by atoms with Gasteiger partial charge in [-0.05, 0) is 56.5 Å². The molecular formula is C14H24N2S. The molecule has 3 heteroatoms. The van der Waals surface area contributed by atoms with Gasteiger partial charge in [0.15, 0.2) is 0 Å². The summed E-state index contributed by atoms with van der Waals surface area (Å²) in [6, 6.07) is 8.78. The Bertz CT molecular complexity index is 326. The molecule has 0 radical (unpaired) electrons. The number of hydrogen-bond donors (Lipinski definition) is 1. The summed E-state index contributed by atoms with van der Waals surface area (Å²) in [4.78, 5) is 2.50. The molecule has 2 N–H and O–H groups in total. The number of anilines is 1. The van der Waals surface area contributed by atoms with Crippen LogP contribution in [0.15, 0.2) is 24.3 Å². The van der Waals surface area contributed by atoms with E-state index in [2.05, 4.69) is 37.1 Å². The van der Waals surface area contributed by atoms with Crippen LogP contribution in [0, 0.1) is 0 Å². The highest BCUT2D eigenvalue weighted by atomic mass is 32.2. The summed E-state index contributed by atoms with van der Waals surface area (Å²) >= 11 is 1.92. The van der Waals surface area contributed by atoms with Gasteiger partial charge in [0.25, 0.3) is 0 Å². The first-order valence-electron chi connectivity index (χ1n) is 6.21. The van der Waals surface area contributed by atoms with Crippen molar-refractivity contribution in [1.29, 1.82) is 0 Å². The molecule has 17 heavy (non-hydrogen) atoms. The summed E-state index contributed by atoms with van der Waals surface area (Å²) in [5.74, 6) is 1.24. The van der Waals surface area contributed by atoms with E-state index in [9.17, 15) is 0 Å². The Morgan fingerprint density at radius 1 is 1.35 bits per heavy atom. The van der Waals surface area contributed by atoms with Gasteiger partial charge in [-0.25, -0.2) is 0 Å². The lowest BCUT2D eigenvalue weighted by molar-refractivity contribution is 0.214. The third-order valence-electron chi connectivity index (χ3n) is 2.86. The smallest absolute Gasteiger partial charge is 0.0317 e. The van der Waals surface area contributed by atoms with E-state index in [1.165, 1.54) is 17.7 Å². The van der Waals surface area contributed by atoms with Gasteiger partial charge < -0.3 is 5.73 Å². The van der Waals surface area contributed by atoms with Gasteiger partial charge in [-0.1, -0.05) is 12.1 Å². The van der Waals surface area contributed by atoms with Crippen molar-refractivity contribution in [1.82, 2.24) is 4.90 Å². The SMILES string of the molecule is CSCCCN(Cc1cccc(N)c1)C(C)C. The second kappa shape index (κ2) is 7.62. The first kappa shape index (κ1) is 14.4. The molecule has 1 aromatic carbocycles. The molecule has 0 heterocycles. The van der Waals surface area contributed by atoms with E-state index >= 15 is 0 Å². The van der Waals surface area contributed by atoms with Gasteiger partial charge in [0.05, 0.1) is 0 Å². The number of nitrogens with zero attached hydrogens (tertiary/aromatic N) is 1. The molecule has 0 saturated heterocycles. The molecule has 0 aromatic heterocycles. The monoisotopic (exact) mass is 252 g/mol. The predicted molar refractivity (Wildman–Crippen MR) is 79.4 cm³/mol. The molecule has 0 saturated carbocycles. The predicted octanol–water partition coefficient (Wildman–Crippen LogP) is 3.23. The van der Waals surface area contributed by atoms with Crippen molar-refractivity contribution in [3.63, 3.8) is 0 Å². The van der Waals surface area contributed by atoms with Crippen molar-refractivity contribution in [3.8, 4) is 0 Å². The van der Waals surface area contributed by atoms with Crippen molar-refractivity contribution in [2.24, 2.45) is 0 Å². The standard InChI is InChI=1S/C14H24N2S/c1-12(2)16(8-5-9-17-3)11-13-6-4-7-14(15)10-13/h4,6-7,10,12H,5,8-9,11,15H2,1-3H3. The molecule has 0 unspecified atom stereocenters. The number of thioether (sulfide) groups is 1. The summed E-state index contributed by atoms with van der Waals surface area (Å²) in [5, 5.41) is 0. The third kappa shape index (κ3) is 5.46. The molecule has 0 bridgehead atoms. The van der Waals surface area contributed by atoms with Gasteiger partial charge >= 0.3 is 0 Å². The fourth-order valence-corrected chi connectivity index (χ4v) is 2.28. The molecule has 0 amide bonds. The maximum atomic E-state index is 5.81. The summed E-state index contributed by atoms with van der Waals surface area (Å²) < 4.78 is 0. The van der Waals surface area contributed by atoms with Gasteiger partial charge in [-0.15, -0.1) is 0 Å². The molecule has 0 aliphatic heterocycles. The quantitative estimate of drug-likeness (QED) is 0.597. The Morgan fingerprint density at radius 3 is 2.71 bits per heavy atom. The number of nitrogen functional groups attached to an aromatic ring is 1. The highest BCUT2D eigenvalue weighted by Crippen LogP contribution is 2.12. The summed E-state index contributed by atoms with van der Waals surface area (Å²) in [6.07, 6.45) is 3.42. The average molecular weight is 252 g/mol. The van der Waals surface area contributed by atoms with Crippen LogP contribution >= 0.6 is 11.8 Å². The van der Waals surface area contributed by atoms with Crippen molar-refractivity contribution >= 4 is 17.4 Å². The minimum absolute atomic E-state index is 0.582. The fraction of sp³-hybridized carbons (Fsp3) is 0.571. The number of benzene rings is 1. The maximum Gasteiger partial charge on any atom is 0.0317 e. The summed E-state index contributed by atoms with van der Waals surface area (Å²) in [6.45, 7) is 6.67. The van der Waals surface area contributed by atoms with E-state index in [4.69, 9.17) is 5.73 Å². The van der Waals surface area contributed by atoms with Crippen molar-refractivity contribution in [3.05, 3.63) is 29.8 Å². The van der Waals surface area contributed by atoms with Crippen LogP contribution < -0.4 is 5.73 Å². The molecule has 1 aromatic rings. The molecule has 96 valence electrons. The molecule has 0 atom stereocenters. The number of rotatable bonds is 7. The van der Waals surface area contributed by atoms with E-state index in [-0.39, 0.29) is 0 Å². The van der Waals surface area contributed by atoms with Crippen molar-refractivity contribution in [2.45, 2.75) is 32.9 Å². The Morgan fingerprint density at radius 2 is 2.12 bits per heavy atom. The van der Waals surface area contributed by atoms with Crippen LogP contribution in [0.2, 0.25) is 0 Å². The largest absolute Gasteiger partial charge is 0.399 e. The van der Waals surface area contributed by atoms with E-state index in [0.717, 1.165) is 18.8 Å². The number of hydrogen-bond acceptors (Lipinski definition) is 3. The minimum atomic E-state index is 0.582. The highest BCUT2D eigenvalue weighted by molar-refractivity contribution is 7.98. The lowest BCUT2D eigenvalue weighted by Gasteiger charge is -2.26. The van der Waals surface area contributed by atoms with Gasteiger partial charge in [0.1, 0.15) is 0 Å². The first-order valence-corrected chi connectivity index (χ1v) is 7.60. The Labute approximate surface area is 110 Å². The van der Waals surface area contributed by atoms with Crippen LogP contribution in [0.1, 0.15) is 25.8 Å². The van der Waals surface area contributed by atoms with E-state index in [1.54, 1.807) is 0 Å². The maximum absolute atomic E-state index is 5.81. The summed E-state index contributed by atoms with van der Waals surface area (Å²) in [7, 11) is 0. The molecule has 0 aliphatic rings. The molecule has 1 rings (SSSR count). The van der Waals surface area contributed by atoms with Crippen molar-refractivity contribution in [2.75, 3.05) is 24.3 Å². The number of nitrogens with two attached hydrogens (primary N) is 1. The van der Waals surface area contributed by atoms with Crippen LogP contribution in [-0.4, -0.2) is 29.5 Å². The zero-order chi connectivity index (χ0) is 12.7. The van der Waals surface area contributed by atoms with Crippen LogP contribution in [0.5, 0.6) is 0 Å². The Hall–Kier alpha value is -0.670. The molecule has 0 fully saturated rings. The van der Waals surface area contributed by atoms with Crippen LogP contribution in [-0.2, 0) is 6.54 Å². The molecule has 2 nitrogen and oxygen atoms in total. The second-order valence-corrected chi connectivity index (χ2v) is 5.64. The molecule has 0 aliphatic carbocycles. The van der Waals surface area contributed by atoms with Crippen LogP contribution in [0.3, 0.4) is 0 Å². The van der Waals surface area contributed by atoms with E-state index in [0.29, 0.717) is 6.04 Å². The third-order valence-corrected chi connectivity index (χ3v) is 3.56. The first-order chi connectivity index (χ1) is 8.13. The zero-order valence-electron chi connectivity index (χ0n) is 11.1. The molecule has 0 spiro atoms. The van der Waals surface area contributed by atoms with Gasteiger partial charge in [0.2, 0.25) is 0 Å². The van der Waals surface area contributed by atoms with E-state index in [1.807, 2.05) is 23.9 Å².